The third-order valence-corrected chi connectivity index (χ3v) is 4.32. The number of ether oxygens (including phenoxy) is 2. The van der Waals surface area contributed by atoms with Crippen molar-refractivity contribution in [2.75, 3.05) is 7.11 Å². The third kappa shape index (κ3) is 3.64. The van der Waals surface area contributed by atoms with Crippen LogP contribution in [0.15, 0.2) is 60.8 Å². The zero-order chi connectivity index (χ0) is 20.4. The van der Waals surface area contributed by atoms with E-state index in [-0.39, 0.29) is 17.7 Å². The van der Waals surface area contributed by atoms with Crippen molar-refractivity contribution in [3.8, 4) is 17.0 Å². The quantitative estimate of drug-likeness (QED) is 0.377. The lowest BCUT2D eigenvalue weighted by atomic mass is 10.1. The van der Waals surface area contributed by atoms with Gasteiger partial charge in [0.1, 0.15) is 23.4 Å². The predicted octanol–water partition coefficient (Wildman–Crippen LogP) is 4.04. The van der Waals surface area contributed by atoms with Crippen LogP contribution in [-0.2, 0) is 11.3 Å². The molecule has 0 aliphatic heterocycles. The SMILES string of the molecule is COC(=O)c1cnn2c(-c3cc(F)nc(F)c3)ccc(OCc3ccccc3)c12. The van der Waals surface area contributed by atoms with Gasteiger partial charge in [-0.05, 0) is 17.7 Å². The summed E-state index contributed by atoms with van der Waals surface area (Å²) < 4.78 is 39.3. The normalized spacial score (nSPS) is 10.9. The molecule has 0 spiro atoms. The van der Waals surface area contributed by atoms with Gasteiger partial charge < -0.3 is 9.47 Å². The fraction of sp³-hybridized carbons (Fsp3) is 0.0952. The number of rotatable bonds is 5. The van der Waals surface area contributed by atoms with E-state index >= 15 is 0 Å². The number of hydrogen-bond acceptors (Lipinski definition) is 5. The molecule has 0 unspecified atom stereocenters. The number of nitrogens with zero attached hydrogens (tertiary/aromatic N) is 3. The molecule has 0 atom stereocenters. The van der Waals surface area contributed by atoms with Crippen molar-refractivity contribution in [2.24, 2.45) is 0 Å². The minimum Gasteiger partial charge on any atom is -0.487 e. The predicted molar refractivity (Wildman–Crippen MR) is 100 cm³/mol. The molecule has 0 aliphatic carbocycles. The highest BCUT2D eigenvalue weighted by Gasteiger charge is 2.20. The summed E-state index contributed by atoms with van der Waals surface area (Å²) in [5.41, 5.74) is 2.03. The maximum Gasteiger partial charge on any atom is 0.341 e. The van der Waals surface area contributed by atoms with Gasteiger partial charge in [-0.25, -0.2) is 9.31 Å². The van der Waals surface area contributed by atoms with Gasteiger partial charge in [0.25, 0.3) is 0 Å². The van der Waals surface area contributed by atoms with Gasteiger partial charge in [-0.2, -0.15) is 18.9 Å². The third-order valence-electron chi connectivity index (χ3n) is 4.32. The summed E-state index contributed by atoms with van der Waals surface area (Å²) in [6, 6.07) is 14.9. The van der Waals surface area contributed by atoms with E-state index in [1.807, 2.05) is 30.3 Å². The number of aromatic nitrogens is 3. The van der Waals surface area contributed by atoms with E-state index in [2.05, 4.69) is 10.1 Å². The molecule has 1 aromatic carbocycles. The van der Waals surface area contributed by atoms with Crippen LogP contribution in [0.3, 0.4) is 0 Å². The van der Waals surface area contributed by atoms with Crippen LogP contribution in [0.25, 0.3) is 16.8 Å². The molecule has 0 bridgehead atoms. The van der Waals surface area contributed by atoms with Crippen molar-refractivity contribution in [2.45, 2.75) is 6.61 Å². The summed E-state index contributed by atoms with van der Waals surface area (Å²) in [6.07, 6.45) is 1.33. The van der Waals surface area contributed by atoms with Crippen LogP contribution in [0.2, 0.25) is 0 Å². The van der Waals surface area contributed by atoms with Gasteiger partial charge in [0, 0.05) is 17.7 Å². The van der Waals surface area contributed by atoms with Crippen LogP contribution < -0.4 is 4.74 Å². The van der Waals surface area contributed by atoms with E-state index in [4.69, 9.17) is 9.47 Å². The maximum atomic E-state index is 13.6. The van der Waals surface area contributed by atoms with Gasteiger partial charge in [-0.3, -0.25) is 0 Å². The molecular weight excluding hydrogens is 380 g/mol. The van der Waals surface area contributed by atoms with Gasteiger partial charge in [0.05, 0.1) is 19.0 Å². The second-order valence-corrected chi connectivity index (χ2v) is 6.17. The molecule has 0 amide bonds. The van der Waals surface area contributed by atoms with E-state index in [1.165, 1.54) is 17.8 Å². The smallest absolute Gasteiger partial charge is 0.341 e. The molecule has 0 fully saturated rings. The molecule has 8 heteroatoms. The fourth-order valence-electron chi connectivity index (χ4n) is 3.01. The second kappa shape index (κ2) is 7.67. The highest BCUT2D eigenvalue weighted by Crippen LogP contribution is 2.31. The highest BCUT2D eigenvalue weighted by molar-refractivity contribution is 5.99. The first kappa shape index (κ1) is 18.5. The van der Waals surface area contributed by atoms with E-state index in [0.29, 0.717) is 17.0 Å². The van der Waals surface area contributed by atoms with Crippen molar-refractivity contribution < 1.29 is 23.0 Å². The maximum absolute atomic E-state index is 13.6. The Bertz CT molecular complexity index is 1170. The summed E-state index contributed by atoms with van der Waals surface area (Å²) in [7, 11) is 1.26. The van der Waals surface area contributed by atoms with Gasteiger partial charge in [0.2, 0.25) is 11.9 Å². The molecule has 4 aromatic rings. The minimum absolute atomic E-state index is 0.174. The topological polar surface area (TPSA) is 65.7 Å². The summed E-state index contributed by atoms with van der Waals surface area (Å²) in [5, 5.41) is 4.21. The second-order valence-electron chi connectivity index (χ2n) is 6.17. The number of esters is 1. The average molecular weight is 395 g/mol. The van der Waals surface area contributed by atoms with Gasteiger partial charge in [0.15, 0.2) is 0 Å². The Morgan fingerprint density at radius 1 is 1.07 bits per heavy atom. The zero-order valence-electron chi connectivity index (χ0n) is 15.3. The van der Waals surface area contributed by atoms with Crippen molar-refractivity contribution in [3.63, 3.8) is 0 Å². The molecule has 29 heavy (non-hydrogen) atoms. The molecule has 0 aliphatic rings. The summed E-state index contributed by atoms with van der Waals surface area (Å²) in [5.74, 6) is -2.14. The fourth-order valence-corrected chi connectivity index (χ4v) is 3.01. The Labute approximate surface area is 164 Å². The lowest BCUT2D eigenvalue weighted by Gasteiger charge is -2.12. The Balaban J connectivity index is 1.84. The van der Waals surface area contributed by atoms with Crippen LogP contribution in [0.4, 0.5) is 8.78 Å². The first-order valence-electron chi connectivity index (χ1n) is 8.66. The largest absolute Gasteiger partial charge is 0.487 e. The summed E-state index contributed by atoms with van der Waals surface area (Å²) in [4.78, 5) is 15.3. The molecule has 6 nitrogen and oxygen atoms in total. The van der Waals surface area contributed by atoms with E-state index in [0.717, 1.165) is 17.7 Å². The summed E-state index contributed by atoms with van der Waals surface area (Å²) >= 11 is 0. The molecule has 0 saturated heterocycles. The van der Waals surface area contributed by atoms with E-state index in [1.54, 1.807) is 12.1 Å². The first-order valence-corrected chi connectivity index (χ1v) is 8.66. The Morgan fingerprint density at radius 2 is 1.79 bits per heavy atom. The zero-order valence-corrected chi connectivity index (χ0v) is 15.3. The first-order chi connectivity index (χ1) is 14.1. The standard InChI is InChI=1S/C21H15F2N3O3/c1-28-21(27)15-11-24-26-16(14-9-18(22)25-19(23)10-14)7-8-17(20(15)26)29-12-13-5-3-2-4-6-13/h2-11H,12H2,1H3. The van der Waals surface area contributed by atoms with Crippen LogP contribution in [0, 0.1) is 11.9 Å². The molecule has 0 radical (unpaired) electrons. The Hall–Kier alpha value is -3.81. The number of carbonyl (C=O) groups excluding carboxylic acids is 1. The lowest BCUT2D eigenvalue weighted by Crippen LogP contribution is -2.05. The minimum atomic E-state index is -0.960. The molecular formula is C21H15F2N3O3. The molecule has 3 heterocycles. The monoisotopic (exact) mass is 395 g/mol. The number of fused-ring (bicyclic) bond motifs is 1. The number of hydrogen-bond donors (Lipinski definition) is 0. The number of halogens is 2. The van der Waals surface area contributed by atoms with Crippen LogP contribution in [0.1, 0.15) is 15.9 Å². The molecule has 4 rings (SSSR count). The van der Waals surface area contributed by atoms with Crippen molar-refractivity contribution in [1.29, 1.82) is 0 Å². The van der Waals surface area contributed by atoms with Gasteiger partial charge in [-0.15, -0.1) is 0 Å². The number of pyridine rings is 2. The Morgan fingerprint density at radius 3 is 2.48 bits per heavy atom. The van der Waals surface area contributed by atoms with Crippen LogP contribution in [0.5, 0.6) is 5.75 Å². The van der Waals surface area contributed by atoms with Crippen LogP contribution in [-0.4, -0.2) is 27.7 Å². The summed E-state index contributed by atoms with van der Waals surface area (Å²) in [6.45, 7) is 0.264. The Kier molecular flexibility index (Phi) is 4.90. The average Bonchev–Trinajstić information content (AvgIpc) is 3.17. The number of methoxy groups -OCH3 is 1. The lowest BCUT2D eigenvalue weighted by molar-refractivity contribution is 0.0602. The van der Waals surface area contributed by atoms with Gasteiger partial charge >= 0.3 is 5.97 Å². The van der Waals surface area contributed by atoms with E-state index in [9.17, 15) is 13.6 Å². The van der Waals surface area contributed by atoms with E-state index < -0.39 is 17.9 Å². The van der Waals surface area contributed by atoms with Crippen LogP contribution >= 0.6 is 0 Å². The molecule has 0 N–H and O–H groups in total. The number of benzene rings is 1. The molecule has 3 aromatic heterocycles. The van der Waals surface area contributed by atoms with Crippen molar-refractivity contribution in [3.05, 3.63) is 83.8 Å². The van der Waals surface area contributed by atoms with Gasteiger partial charge in [-0.1, -0.05) is 30.3 Å². The van der Waals surface area contributed by atoms with Crippen molar-refractivity contribution in [1.82, 2.24) is 14.6 Å². The molecule has 0 saturated carbocycles. The van der Waals surface area contributed by atoms with Crippen molar-refractivity contribution >= 4 is 11.5 Å². The molecule has 146 valence electrons. The highest BCUT2D eigenvalue weighted by atomic mass is 19.1. The number of carbonyl (C=O) groups is 1.